The Hall–Kier alpha value is -2.28. The Morgan fingerprint density at radius 1 is 1.32 bits per heavy atom. The second-order valence-corrected chi connectivity index (χ2v) is 6.35. The van der Waals surface area contributed by atoms with Gasteiger partial charge >= 0.3 is 0 Å². The van der Waals surface area contributed by atoms with Crippen molar-refractivity contribution in [2.45, 2.75) is 26.2 Å². The molecule has 0 aliphatic carbocycles. The summed E-state index contributed by atoms with van der Waals surface area (Å²) >= 11 is 1.35. The molecule has 0 atom stereocenters. The zero-order chi connectivity index (χ0) is 15.5. The minimum absolute atomic E-state index is 0.124. The van der Waals surface area contributed by atoms with Gasteiger partial charge in [-0.3, -0.25) is 9.59 Å². The first kappa shape index (κ1) is 14.6. The molecule has 2 heterocycles. The number of nitrogens with one attached hydrogen (secondary N) is 1. The van der Waals surface area contributed by atoms with Crippen molar-refractivity contribution in [1.29, 1.82) is 0 Å². The van der Waals surface area contributed by atoms with Gasteiger partial charge in [0.25, 0.3) is 0 Å². The van der Waals surface area contributed by atoms with E-state index in [1.165, 1.54) is 11.3 Å². The zero-order valence-electron chi connectivity index (χ0n) is 12.2. The Balaban J connectivity index is 1.61. The molecule has 6 nitrogen and oxygen atoms in total. The molecule has 0 saturated carbocycles. The summed E-state index contributed by atoms with van der Waals surface area (Å²) in [6.45, 7) is 2.61. The van der Waals surface area contributed by atoms with Gasteiger partial charge in [0.1, 0.15) is 5.01 Å². The molecule has 3 rings (SSSR count). The SMILES string of the molecule is Cc1nnc(NC(=O)Cc2ccc(N3CCCC3=O)cc2)s1. The molecule has 1 aromatic carbocycles. The second-order valence-electron chi connectivity index (χ2n) is 5.17. The minimum Gasteiger partial charge on any atom is -0.312 e. The maximum absolute atomic E-state index is 11.9. The summed E-state index contributed by atoms with van der Waals surface area (Å²) in [6.07, 6.45) is 1.79. The monoisotopic (exact) mass is 316 g/mol. The Morgan fingerprint density at radius 2 is 2.09 bits per heavy atom. The number of nitrogens with zero attached hydrogens (tertiary/aromatic N) is 3. The number of amides is 2. The molecule has 0 bridgehead atoms. The van der Waals surface area contributed by atoms with E-state index in [2.05, 4.69) is 15.5 Å². The van der Waals surface area contributed by atoms with Crippen LogP contribution in [0.1, 0.15) is 23.4 Å². The molecule has 1 aliphatic rings. The summed E-state index contributed by atoms with van der Waals surface area (Å²) in [4.78, 5) is 25.4. The van der Waals surface area contributed by atoms with Gasteiger partial charge in [-0.25, -0.2) is 0 Å². The number of rotatable bonds is 4. The third-order valence-corrected chi connectivity index (χ3v) is 4.21. The molecule has 0 radical (unpaired) electrons. The fourth-order valence-electron chi connectivity index (χ4n) is 2.41. The summed E-state index contributed by atoms with van der Waals surface area (Å²) in [5, 5.41) is 11.8. The molecule has 1 N–H and O–H groups in total. The number of carbonyl (C=O) groups is 2. The molecule has 0 spiro atoms. The van der Waals surface area contributed by atoms with Crippen LogP contribution in [0.3, 0.4) is 0 Å². The van der Waals surface area contributed by atoms with Crippen LogP contribution in [0.25, 0.3) is 0 Å². The lowest BCUT2D eigenvalue weighted by Gasteiger charge is -2.15. The van der Waals surface area contributed by atoms with Gasteiger partial charge < -0.3 is 10.2 Å². The van der Waals surface area contributed by atoms with Crippen molar-refractivity contribution < 1.29 is 9.59 Å². The van der Waals surface area contributed by atoms with Crippen LogP contribution in [-0.4, -0.2) is 28.6 Å². The number of carbonyl (C=O) groups excluding carboxylic acids is 2. The van der Waals surface area contributed by atoms with Gasteiger partial charge in [-0.2, -0.15) is 0 Å². The Kier molecular flexibility index (Phi) is 4.15. The summed E-state index contributed by atoms with van der Waals surface area (Å²) in [6, 6.07) is 7.54. The van der Waals surface area contributed by atoms with E-state index in [1.807, 2.05) is 31.2 Å². The molecule has 114 valence electrons. The van der Waals surface area contributed by atoms with Crippen molar-refractivity contribution in [3.8, 4) is 0 Å². The van der Waals surface area contributed by atoms with Crippen LogP contribution >= 0.6 is 11.3 Å². The fraction of sp³-hybridized carbons (Fsp3) is 0.333. The van der Waals surface area contributed by atoms with Crippen molar-refractivity contribution in [3.05, 3.63) is 34.8 Å². The number of hydrogen-bond acceptors (Lipinski definition) is 5. The van der Waals surface area contributed by atoms with Crippen molar-refractivity contribution in [2.75, 3.05) is 16.8 Å². The van der Waals surface area contributed by atoms with E-state index in [0.29, 0.717) is 11.6 Å². The van der Waals surface area contributed by atoms with Crippen LogP contribution in [0.5, 0.6) is 0 Å². The fourth-order valence-corrected chi connectivity index (χ4v) is 3.02. The normalized spacial score (nSPS) is 14.4. The Labute approximate surface area is 132 Å². The lowest BCUT2D eigenvalue weighted by atomic mass is 10.1. The van der Waals surface area contributed by atoms with Gasteiger partial charge in [0.15, 0.2) is 0 Å². The first-order chi connectivity index (χ1) is 10.6. The van der Waals surface area contributed by atoms with Gasteiger partial charge in [0.2, 0.25) is 16.9 Å². The number of aromatic nitrogens is 2. The van der Waals surface area contributed by atoms with E-state index < -0.39 is 0 Å². The summed E-state index contributed by atoms with van der Waals surface area (Å²) in [7, 11) is 0. The largest absolute Gasteiger partial charge is 0.312 e. The molecule has 2 aromatic rings. The Morgan fingerprint density at radius 3 is 2.68 bits per heavy atom. The predicted octanol–water partition coefficient (Wildman–Crippen LogP) is 2.15. The van der Waals surface area contributed by atoms with Crippen LogP contribution in [0.4, 0.5) is 10.8 Å². The van der Waals surface area contributed by atoms with Gasteiger partial charge in [-0.15, -0.1) is 10.2 Å². The first-order valence-electron chi connectivity index (χ1n) is 7.11. The molecule has 1 fully saturated rings. The molecule has 2 amide bonds. The standard InChI is InChI=1S/C15H16N4O2S/c1-10-17-18-15(22-10)16-13(20)9-11-4-6-12(7-5-11)19-8-2-3-14(19)21/h4-7H,2-3,8-9H2,1H3,(H,16,18,20). The molecule has 7 heteroatoms. The third kappa shape index (κ3) is 3.30. The quantitative estimate of drug-likeness (QED) is 0.938. The average molecular weight is 316 g/mol. The highest BCUT2D eigenvalue weighted by Gasteiger charge is 2.21. The summed E-state index contributed by atoms with van der Waals surface area (Å²) < 4.78 is 0. The van der Waals surface area contributed by atoms with E-state index in [9.17, 15) is 9.59 Å². The van der Waals surface area contributed by atoms with Crippen LogP contribution in [0, 0.1) is 6.92 Å². The molecule has 22 heavy (non-hydrogen) atoms. The summed E-state index contributed by atoms with van der Waals surface area (Å²) in [5.74, 6) is 0.0401. The lowest BCUT2D eigenvalue weighted by Crippen LogP contribution is -2.23. The van der Waals surface area contributed by atoms with Gasteiger partial charge in [-0.1, -0.05) is 23.5 Å². The minimum atomic E-state index is -0.124. The predicted molar refractivity (Wildman–Crippen MR) is 85.0 cm³/mol. The second kappa shape index (κ2) is 6.23. The van der Waals surface area contributed by atoms with E-state index in [0.717, 1.165) is 29.2 Å². The average Bonchev–Trinajstić information content (AvgIpc) is 3.08. The van der Waals surface area contributed by atoms with Crippen LogP contribution < -0.4 is 10.2 Å². The molecule has 1 aromatic heterocycles. The topological polar surface area (TPSA) is 75.2 Å². The summed E-state index contributed by atoms with van der Waals surface area (Å²) in [5.41, 5.74) is 1.79. The zero-order valence-corrected chi connectivity index (χ0v) is 13.0. The number of aryl methyl sites for hydroxylation is 1. The smallest absolute Gasteiger partial charge is 0.230 e. The third-order valence-electron chi connectivity index (χ3n) is 3.46. The number of benzene rings is 1. The highest BCUT2D eigenvalue weighted by Crippen LogP contribution is 2.22. The maximum Gasteiger partial charge on any atom is 0.230 e. The van der Waals surface area contributed by atoms with Crippen LogP contribution in [0.15, 0.2) is 24.3 Å². The molecule has 0 unspecified atom stereocenters. The van der Waals surface area contributed by atoms with Crippen LogP contribution in [-0.2, 0) is 16.0 Å². The van der Waals surface area contributed by atoms with E-state index >= 15 is 0 Å². The number of hydrogen-bond donors (Lipinski definition) is 1. The Bertz CT molecular complexity index is 696. The van der Waals surface area contributed by atoms with E-state index in [4.69, 9.17) is 0 Å². The number of anilines is 2. The van der Waals surface area contributed by atoms with Crippen molar-refractivity contribution in [1.82, 2.24) is 10.2 Å². The first-order valence-corrected chi connectivity index (χ1v) is 7.93. The van der Waals surface area contributed by atoms with Gasteiger partial charge in [-0.05, 0) is 31.0 Å². The highest BCUT2D eigenvalue weighted by atomic mass is 32.1. The van der Waals surface area contributed by atoms with Gasteiger partial charge in [0, 0.05) is 18.7 Å². The van der Waals surface area contributed by atoms with Crippen molar-refractivity contribution in [3.63, 3.8) is 0 Å². The highest BCUT2D eigenvalue weighted by molar-refractivity contribution is 7.15. The molecule has 1 aliphatic heterocycles. The molecular weight excluding hydrogens is 300 g/mol. The van der Waals surface area contributed by atoms with Crippen LogP contribution in [0.2, 0.25) is 0 Å². The van der Waals surface area contributed by atoms with Crippen molar-refractivity contribution in [2.24, 2.45) is 0 Å². The molecule has 1 saturated heterocycles. The lowest BCUT2D eigenvalue weighted by molar-refractivity contribution is -0.117. The van der Waals surface area contributed by atoms with E-state index in [-0.39, 0.29) is 18.2 Å². The molecular formula is C15H16N4O2S. The van der Waals surface area contributed by atoms with E-state index in [1.54, 1.807) is 4.90 Å². The maximum atomic E-state index is 11.9. The van der Waals surface area contributed by atoms with Crippen molar-refractivity contribution >= 4 is 34.0 Å². The van der Waals surface area contributed by atoms with Gasteiger partial charge in [0.05, 0.1) is 6.42 Å².